The van der Waals surface area contributed by atoms with E-state index in [-0.39, 0.29) is 5.91 Å². The molecule has 0 saturated carbocycles. The molecule has 0 radical (unpaired) electrons. The van der Waals surface area contributed by atoms with Crippen LogP contribution < -0.4 is 10.2 Å². The van der Waals surface area contributed by atoms with Gasteiger partial charge < -0.3 is 20.1 Å². The van der Waals surface area contributed by atoms with Crippen LogP contribution in [0.15, 0.2) is 41.8 Å². The first-order valence-electron chi connectivity index (χ1n) is 10.4. The van der Waals surface area contributed by atoms with Gasteiger partial charge in [0.25, 0.3) is 0 Å². The maximum Gasteiger partial charge on any atom is 0.246 e. The van der Waals surface area contributed by atoms with E-state index in [9.17, 15) is 4.79 Å². The van der Waals surface area contributed by atoms with Crippen molar-refractivity contribution in [3.8, 4) is 0 Å². The van der Waals surface area contributed by atoms with E-state index in [2.05, 4.69) is 46.7 Å². The van der Waals surface area contributed by atoms with Crippen molar-refractivity contribution in [2.24, 2.45) is 12.0 Å². The summed E-state index contributed by atoms with van der Waals surface area (Å²) in [6.07, 6.45) is 6.53. The summed E-state index contributed by atoms with van der Waals surface area (Å²) < 4.78 is 1.72. The van der Waals surface area contributed by atoms with Crippen molar-refractivity contribution in [3.63, 3.8) is 0 Å². The normalized spacial score (nSPS) is 15.3. The van der Waals surface area contributed by atoms with Crippen molar-refractivity contribution < 1.29 is 4.79 Å². The van der Waals surface area contributed by atoms with Crippen LogP contribution in [0.3, 0.4) is 0 Å². The zero-order chi connectivity index (χ0) is 21.1. The van der Waals surface area contributed by atoms with Gasteiger partial charge in [-0.05, 0) is 37.5 Å². The van der Waals surface area contributed by atoms with Gasteiger partial charge in [0.15, 0.2) is 5.96 Å². The van der Waals surface area contributed by atoms with E-state index in [1.807, 2.05) is 25.1 Å². The molecule has 0 unspecified atom stereocenters. The number of benzene rings is 1. The number of fused-ring (bicyclic) bond motifs is 1. The van der Waals surface area contributed by atoms with Gasteiger partial charge >= 0.3 is 0 Å². The third-order valence-corrected chi connectivity index (χ3v) is 5.50. The Hall–Kier alpha value is -3.29. The number of nitrogens with zero attached hydrogens (tertiary/aromatic N) is 5. The molecule has 1 aliphatic heterocycles. The molecule has 1 saturated heterocycles. The lowest BCUT2D eigenvalue weighted by Gasteiger charge is -2.35. The average Bonchev–Trinajstić information content (AvgIpc) is 3.34. The number of piperazine rings is 1. The Labute approximate surface area is 176 Å². The number of amides is 1. The minimum absolute atomic E-state index is 0.0621. The predicted molar refractivity (Wildman–Crippen MR) is 120 cm³/mol. The number of anilines is 1. The number of aliphatic imine (C=N–C) groups is 1. The first-order valence-corrected chi connectivity index (χ1v) is 10.4. The standard InChI is InChI=1S/C22H29N7O/c1-4-23-22(24-9-8-17-12-25-19-7-5-6-16(2)21(17)19)28-10-11-29(20(30)15-28)18-13-26-27(3)14-18/h5-7,12-14,25H,4,8-11,15H2,1-3H3,(H,23,24). The van der Waals surface area contributed by atoms with E-state index >= 15 is 0 Å². The van der Waals surface area contributed by atoms with Crippen molar-refractivity contribution in [1.29, 1.82) is 0 Å². The lowest BCUT2D eigenvalue weighted by Crippen LogP contribution is -2.55. The highest BCUT2D eigenvalue weighted by molar-refractivity contribution is 5.98. The molecule has 2 N–H and O–H groups in total. The van der Waals surface area contributed by atoms with Gasteiger partial charge in [0.05, 0.1) is 11.9 Å². The third-order valence-electron chi connectivity index (χ3n) is 5.50. The average molecular weight is 408 g/mol. The molecule has 0 atom stereocenters. The molecule has 0 aliphatic carbocycles. The van der Waals surface area contributed by atoms with Crippen LogP contribution >= 0.6 is 0 Å². The fraction of sp³-hybridized carbons (Fsp3) is 0.409. The van der Waals surface area contributed by atoms with E-state index in [0.29, 0.717) is 19.6 Å². The summed E-state index contributed by atoms with van der Waals surface area (Å²) in [5, 5.41) is 8.80. The van der Waals surface area contributed by atoms with Crippen LogP contribution in [0.25, 0.3) is 10.9 Å². The zero-order valence-corrected chi connectivity index (χ0v) is 17.9. The van der Waals surface area contributed by atoms with E-state index in [0.717, 1.165) is 36.7 Å². The van der Waals surface area contributed by atoms with Gasteiger partial charge in [-0.1, -0.05) is 12.1 Å². The van der Waals surface area contributed by atoms with Crippen LogP contribution in [0.4, 0.5) is 5.69 Å². The Morgan fingerprint density at radius 2 is 2.20 bits per heavy atom. The molecule has 0 bridgehead atoms. The molecule has 4 rings (SSSR count). The molecule has 1 aliphatic rings. The maximum absolute atomic E-state index is 12.7. The fourth-order valence-corrected chi connectivity index (χ4v) is 4.03. The van der Waals surface area contributed by atoms with Crippen LogP contribution in [0.5, 0.6) is 0 Å². The number of H-pyrrole nitrogens is 1. The van der Waals surface area contributed by atoms with E-state index < -0.39 is 0 Å². The Kier molecular flexibility index (Phi) is 5.74. The first kappa shape index (κ1) is 20.0. The second kappa shape index (κ2) is 8.61. The van der Waals surface area contributed by atoms with Gasteiger partial charge in [-0.25, -0.2) is 0 Å². The smallest absolute Gasteiger partial charge is 0.246 e. The topological polar surface area (TPSA) is 81.6 Å². The third kappa shape index (κ3) is 4.03. The number of rotatable bonds is 5. The maximum atomic E-state index is 12.7. The van der Waals surface area contributed by atoms with Crippen LogP contribution in [-0.2, 0) is 18.3 Å². The van der Waals surface area contributed by atoms with Crippen molar-refractivity contribution in [1.82, 2.24) is 25.0 Å². The van der Waals surface area contributed by atoms with Gasteiger partial charge in [0.2, 0.25) is 5.91 Å². The molecule has 8 nitrogen and oxygen atoms in total. The Bertz CT molecular complexity index is 1060. The number of hydrogen-bond acceptors (Lipinski definition) is 3. The van der Waals surface area contributed by atoms with E-state index in [1.54, 1.807) is 15.8 Å². The number of carbonyl (C=O) groups excluding carboxylic acids is 1. The summed E-state index contributed by atoms with van der Waals surface area (Å²) in [6.45, 7) is 7.29. The molecular formula is C22H29N7O. The summed E-state index contributed by atoms with van der Waals surface area (Å²) in [4.78, 5) is 24.7. The Morgan fingerprint density at radius 1 is 1.33 bits per heavy atom. The summed E-state index contributed by atoms with van der Waals surface area (Å²) in [5.41, 5.74) is 4.56. The number of aromatic amines is 1. The Morgan fingerprint density at radius 3 is 2.93 bits per heavy atom. The number of guanidine groups is 1. The summed E-state index contributed by atoms with van der Waals surface area (Å²) in [6, 6.07) is 6.31. The van der Waals surface area contributed by atoms with E-state index in [1.165, 1.54) is 16.5 Å². The molecular weight excluding hydrogens is 378 g/mol. The molecule has 1 aromatic carbocycles. The largest absolute Gasteiger partial charge is 0.361 e. The molecule has 158 valence electrons. The predicted octanol–water partition coefficient (Wildman–Crippen LogP) is 2.07. The molecule has 2 aromatic heterocycles. The second-order valence-electron chi connectivity index (χ2n) is 7.64. The number of carbonyl (C=O) groups is 1. The first-order chi connectivity index (χ1) is 14.6. The molecule has 1 fully saturated rings. The molecule has 0 spiro atoms. The second-order valence-corrected chi connectivity index (χ2v) is 7.64. The Balaban J connectivity index is 1.43. The lowest BCUT2D eigenvalue weighted by atomic mass is 10.1. The van der Waals surface area contributed by atoms with Crippen molar-refractivity contribution in [2.75, 3.05) is 37.6 Å². The highest BCUT2D eigenvalue weighted by atomic mass is 16.2. The highest BCUT2D eigenvalue weighted by Gasteiger charge is 2.27. The molecule has 30 heavy (non-hydrogen) atoms. The van der Waals surface area contributed by atoms with Gasteiger partial charge in [-0.15, -0.1) is 0 Å². The van der Waals surface area contributed by atoms with Crippen molar-refractivity contribution >= 4 is 28.5 Å². The van der Waals surface area contributed by atoms with Gasteiger partial charge in [-0.3, -0.25) is 14.5 Å². The minimum Gasteiger partial charge on any atom is -0.361 e. The molecule has 1 amide bonds. The molecule has 3 aromatic rings. The van der Waals surface area contributed by atoms with Crippen LogP contribution in [0, 0.1) is 6.92 Å². The fourth-order valence-electron chi connectivity index (χ4n) is 4.03. The highest BCUT2D eigenvalue weighted by Crippen LogP contribution is 2.22. The van der Waals surface area contributed by atoms with Crippen LogP contribution in [0.2, 0.25) is 0 Å². The quantitative estimate of drug-likeness (QED) is 0.501. The zero-order valence-electron chi connectivity index (χ0n) is 17.9. The molecule has 3 heterocycles. The number of nitrogens with one attached hydrogen (secondary N) is 2. The summed E-state index contributed by atoms with van der Waals surface area (Å²) in [7, 11) is 1.86. The molecule has 8 heteroatoms. The summed E-state index contributed by atoms with van der Waals surface area (Å²) in [5.74, 6) is 0.861. The minimum atomic E-state index is 0.0621. The van der Waals surface area contributed by atoms with Crippen molar-refractivity contribution in [3.05, 3.63) is 47.9 Å². The monoisotopic (exact) mass is 407 g/mol. The van der Waals surface area contributed by atoms with Gasteiger partial charge in [-0.2, -0.15) is 5.10 Å². The summed E-state index contributed by atoms with van der Waals surface area (Å²) >= 11 is 0. The van der Waals surface area contributed by atoms with Gasteiger partial charge in [0, 0.05) is 56.5 Å². The number of aromatic nitrogens is 3. The SMILES string of the molecule is CCNC(=NCCc1c[nH]c2cccc(C)c12)N1CCN(c2cnn(C)c2)C(=O)C1. The number of hydrogen-bond donors (Lipinski definition) is 2. The number of aryl methyl sites for hydroxylation is 2. The lowest BCUT2D eigenvalue weighted by molar-refractivity contribution is -0.120. The van der Waals surface area contributed by atoms with E-state index in [4.69, 9.17) is 4.99 Å². The van der Waals surface area contributed by atoms with Crippen LogP contribution in [0.1, 0.15) is 18.1 Å². The van der Waals surface area contributed by atoms with Crippen LogP contribution in [-0.4, -0.2) is 64.3 Å². The van der Waals surface area contributed by atoms with Gasteiger partial charge in [0.1, 0.15) is 6.54 Å². The van der Waals surface area contributed by atoms with Crippen molar-refractivity contribution in [2.45, 2.75) is 20.3 Å².